The van der Waals surface area contributed by atoms with Gasteiger partial charge in [-0.25, -0.2) is 0 Å². The molecule has 1 N–H and O–H groups in total. The van der Waals surface area contributed by atoms with Crippen molar-refractivity contribution in [2.24, 2.45) is 0 Å². The largest absolute Gasteiger partial charge is 0.497 e. The minimum atomic E-state index is 0.297. The van der Waals surface area contributed by atoms with Crippen molar-refractivity contribution >= 4 is 0 Å². The fourth-order valence-electron chi connectivity index (χ4n) is 2.18. The number of methoxy groups -OCH3 is 2. The Labute approximate surface area is 120 Å². The number of ether oxygens (including phenoxy) is 2. The summed E-state index contributed by atoms with van der Waals surface area (Å²) >= 11 is 0. The summed E-state index contributed by atoms with van der Waals surface area (Å²) in [7, 11) is 5.33. The summed E-state index contributed by atoms with van der Waals surface area (Å²) in [5, 5.41) is 3.25. The van der Waals surface area contributed by atoms with Gasteiger partial charge in [0.05, 0.1) is 14.2 Å². The lowest BCUT2D eigenvalue weighted by molar-refractivity contribution is 0.413. The van der Waals surface area contributed by atoms with E-state index in [1.807, 2.05) is 31.3 Å². The Balaban J connectivity index is 2.51. The minimum absolute atomic E-state index is 0.297. The van der Waals surface area contributed by atoms with Crippen molar-refractivity contribution in [3.63, 3.8) is 0 Å². The van der Waals surface area contributed by atoms with Crippen LogP contribution >= 0.6 is 0 Å². The quantitative estimate of drug-likeness (QED) is 0.900. The Morgan fingerprint density at radius 1 is 1.00 bits per heavy atom. The highest BCUT2D eigenvalue weighted by atomic mass is 16.5. The first-order valence-corrected chi connectivity index (χ1v) is 6.69. The zero-order chi connectivity index (χ0) is 14.5. The number of hydrogen-bond acceptors (Lipinski definition) is 3. The van der Waals surface area contributed by atoms with Gasteiger partial charge in [0.25, 0.3) is 0 Å². The average molecular weight is 271 g/mol. The first-order chi connectivity index (χ1) is 9.69. The van der Waals surface area contributed by atoms with Crippen LogP contribution in [0.4, 0.5) is 0 Å². The van der Waals surface area contributed by atoms with Crippen molar-refractivity contribution in [2.75, 3.05) is 21.3 Å². The second-order valence-corrected chi connectivity index (χ2v) is 4.70. The van der Waals surface area contributed by atoms with E-state index in [0.717, 1.165) is 22.6 Å². The van der Waals surface area contributed by atoms with Gasteiger partial charge in [-0.3, -0.25) is 0 Å². The molecule has 20 heavy (non-hydrogen) atoms. The second kappa shape index (κ2) is 6.44. The Kier molecular flexibility index (Phi) is 4.64. The lowest BCUT2D eigenvalue weighted by atomic mass is 9.99. The molecule has 2 aromatic carbocycles. The van der Waals surface area contributed by atoms with Crippen LogP contribution in [0.3, 0.4) is 0 Å². The molecule has 0 bridgehead atoms. The van der Waals surface area contributed by atoms with E-state index in [1.165, 1.54) is 5.56 Å². The molecular weight excluding hydrogens is 250 g/mol. The molecule has 0 fully saturated rings. The monoisotopic (exact) mass is 271 g/mol. The molecule has 0 aliphatic carbocycles. The van der Waals surface area contributed by atoms with Crippen LogP contribution in [0.2, 0.25) is 0 Å². The number of rotatable bonds is 5. The van der Waals surface area contributed by atoms with Gasteiger partial charge in [0.2, 0.25) is 0 Å². The Morgan fingerprint density at radius 3 is 2.45 bits per heavy atom. The average Bonchev–Trinajstić information content (AvgIpc) is 2.53. The summed E-state index contributed by atoms with van der Waals surface area (Å²) in [6, 6.07) is 14.6. The van der Waals surface area contributed by atoms with E-state index < -0.39 is 0 Å². The third kappa shape index (κ3) is 2.94. The topological polar surface area (TPSA) is 30.5 Å². The molecule has 106 valence electrons. The Hall–Kier alpha value is -2.00. The number of hydrogen-bond donors (Lipinski definition) is 1. The molecule has 3 nitrogen and oxygen atoms in total. The lowest BCUT2D eigenvalue weighted by Crippen LogP contribution is -2.12. The fourth-order valence-corrected chi connectivity index (χ4v) is 2.18. The van der Waals surface area contributed by atoms with E-state index in [9.17, 15) is 0 Å². The van der Waals surface area contributed by atoms with E-state index in [0.29, 0.717) is 6.04 Å². The molecule has 1 atom stereocenters. The molecule has 0 radical (unpaired) electrons. The van der Waals surface area contributed by atoms with Crippen molar-refractivity contribution in [1.82, 2.24) is 5.32 Å². The van der Waals surface area contributed by atoms with Crippen LogP contribution in [0, 0.1) is 0 Å². The number of nitrogens with one attached hydrogen (secondary N) is 1. The molecule has 0 spiro atoms. The first kappa shape index (κ1) is 14.4. The van der Waals surface area contributed by atoms with Crippen molar-refractivity contribution in [2.45, 2.75) is 13.0 Å². The molecule has 0 aliphatic heterocycles. The highest BCUT2D eigenvalue weighted by Crippen LogP contribution is 2.34. The van der Waals surface area contributed by atoms with E-state index in [2.05, 4.69) is 30.4 Å². The molecular formula is C17H21NO2. The first-order valence-electron chi connectivity index (χ1n) is 6.69. The lowest BCUT2D eigenvalue weighted by Gasteiger charge is -2.15. The van der Waals surface area contributed by atoms with Gasteiger partial charge in [-0.15, -0.1) is 0 Å². The van der Waals surface area contributed by atoms with Crippen LogP contribution in [0.15, 0.2) is 42.5 Å². The Morgan fingerprint density at radius 2 is 1.80 bits per heavy atom. The molecule has 2 rings (SSSR count). The molecule has 0 amide bonds. The molecule has 0 heterocycles. The maximum atomic E-state index is 5.48. The molecule has 3 heteroatoms. The zero-order valence-electron chi connectivity index (χ0n) is 12.4. The summed E-state index contributed by atoms with van der Waals surface area (Å²) in [4.78, 5) is 0. The predicted molar refractivity (Wildman–Crippen MR) is 82.5 cm³/mol. The summed E-state index contributed by atoms with van der Waals surface area (Å²) in [5.74, 6) is 1.71. The van der Waals surface area contributed by atoms with Crippen LogP contribution in [-0.2, 0) is 0 Å². The van der Waals surface area contributed by atoms with Crippen molar-refractivity contribution in [1.29, 1.82) is 0 Å². The van der Waals surface area contributed by atoms with E-state index in [-0.39, 0.29) is 0 Å². The van der Waals surface area contributed by atoms with Gasteiger partial charge in [-0.05, 0) is 49.4 Å². The van der Waals surface area contributed by atoms with Crippen molar-refractivity contribution < 1.29 is 9.47 Å². The van der Waals surface area contributed by atoms with Gasteiger partial charge in [-0.1, -0.05) is 18.2 Å². The molecule has 1 unspecified atom stereocenters. The minimum Gasteiger partial charge on any atom is -0.497 e. The standard InChI is InChI=1S/C17H21NO2/c1-12(18-2)13-8-9-17(20-4)16(11-13)14-6-5-7-15(10-14)19-3/h5-12,18H,1-4H3. The normalized spacial score (nSPS) is 12.0. The van der Waals surface area contributed by atoms with E-state index >= 15 is 0 Å². The summed E-state index contributed by atoms with van der Waals surface area (Å²) in [6.45, 7) is 2.14. The SMILES string of the molecule is CNC(C)c1ccc(OC)c(-c2cccc(OC)c2)c1. The highest BCUT2D eigenvalue weighted by molar-refractivity contribution is 5.72. The summed E-state index contributed by atoms with van der Waals surface area (Å²) in [6.07, 6.45) is 0. The second-order valence-electron chi connectivity index (χ2n) is 4.70. The van der Waals surface area contributed by atoms with Gasteiger partial charge in [0.15, 0.2) is 0 Å². The molecule has 2 aromatic rings. The van der Waals surface area contributed by atoms with Gasteiger partial charge in [0.1, 0.15) is 11.5 Å². The fraction of sp³-hybridized carbons (Fsp3) is 0.294. The van der Waals surface area contributed by atoms with Gasteiger partial charge < -0.3 is 14.8 Å². The summed E-state index contributed by atoms with van der Waals surface area (Å²) < 4.78 is 10.8. The van der Waals surface area contributed by atoms with Gasteiger partial charge in [0, 0.05) is 11.6 Å². The van der Waals surface area contributed by atoms with Crippen molar-refractivity contribution in [3.8, 4) is 22.6 Å². The van der Waals surface area contributed by atoms with Crippen LogP contribution in [0.1, 0.15) is 18.5 Å². The third-order valence-electron chi connectivity index (χ3n) is 3.54. The predicted octanol–water partition coefficient (Wildman–Crippen LogP) is 3.65. The van der Waals surface area contributed by atoms with Crippen LogP contribution in [-0.4, -0.2) is 21.3 Å². The van der Waals surface area contributed by atoms with E-state index in [1.54, 1.807) is 14.2 Å². The Bertz CT molecular complexity index is 581. The molecule has 0 aromatic heterocycles. The van der Waals surface area contributed by atoms with Crippen LogP contribution in [0.25, 0.3) is 11.1 Å². The van der Waals surface area contributed by atoms with Crippen LogP contribution < -0.4 is 14.8 Å². The third-order valence-corrected chi connectivity index (χ3v) is 3.54. The van der Waals surface area contributed by atoms with Gasteiger partial charge >= 0.3 is 0 Å². The zero-order valence-corrected chi connectivity index (χ0v) is 12.4. The number of benzene rings is 2. The van der Waals surface area contributed by atoms with E-state index in [4.69, 9.17) is 9.47 Å². The molecule has 0 aliphatic rings. The maximum absolute atomic E-state index is 5.48. The smallest absolute Gasteiger partial charge is 0.126 e. The molecule has 0 saturated carbocycles. The highest BCUT2D eigenvalue weighted by Gasteiger charge is 2.10. The maximum Gasteiger partial charge on any atom is 0.126 e. The van der Waals surface area contributed by atoms with Crippen LogP contribution in [0.5, 0.6) is 11.5 Å². The summed E-state index contributed by atoms with van der Waals surface area (Å²) in [5.41, 5.74) is 3.39. The van der Waals surface area contributed by atoms with Gasteiger partial charge in [-0.2, -0.15) is 0 Å². The molecule has 0 saturated heterocycles. The van der Waals surface area contributed by atoms with Crippen molar-refractivity contribution in [3.05, 3.63) is 48.0 Å².